The fraction of sp³-hybridized carbons (Fsp3) is 0.0556. The minimum atomic E-state index is 0.356. The summed E-state index contributed by atoms with van der Waals surface area (Å²) >= 11 is 16.9. The second-order valence-electron chi connectivity index (χ2n) is 5.38. The first-order chi connectivity index (χ1) is 12.6. The van der Waals surface area contributed by atoms with Gasteiger partial charge < -0.3 is 16.0 Å². The van der Waals surface area contributed by atoms with Gasteiger partial charge in [0.05, 0.1) is 0 Å². The molecule has 0 aliphatic heterocycles. The van der Waals surface area contributed by atoms with Crippen molar-refractivity contribution in [2.45, 2.75) is 6.54 Å². The molecular weight excluding hydrogens is 389 g/mol. The van der Waals surface area contributed by atoms with E-state index in [9.17, 15) is 0 Å². The van der Waals surface area contributed by atoms with Crippen LogP contribution in [0.4, 0.5) is 17.2 Å². The van der Waals surface area contributed by atoms with E-state index in [1.165, 1.54) is 0 Å². The van der Waals surface area contributed by atoms with Crippen molar-refractivity contribution < 1.29 is 0 Å². The molecule has 0 radical (unpaired) electrons. The molecule has 0 atom stereocenters. The molecular formula is C18H15Cl2N5S. The zero-order valence-corrected chi connectivity index (χ0v) is 15.9. The molecule has 0 saturated carbocycles. The van der Waals surface area contributed by atoms with Gasteiger partial charge in [0.1, 0.15) is 0 Å². The van der Waals surface area contributed by atoms with Crippen molar-refractivity contribution in [2.24, 2.45) is 0 Å². The number of thiocarbonyl (C=S) groups is 1. The minimum Gasteiger partial charge on any atom is -0.358 e. The van der Waals surface area contributed by atoms with Crippen molar-refractivity contribution in [1.29, 1.82) is 0 Å². The van der Waals surface area contributed by atoms with Gasteiger partial charge in [-0.25, -0.2) is 0 Å². The number of rotatable bonds is 5. The van der Waals surface area contributed by atoms with Crippen LogP contribution in [0.3, 0.4) is 0 Å². The van der Waals surface area contributed by atoms with E-state index in [2.05, 4.69) is 26.1 Å². The summed E-state index contributed by atoms with van der Waals surface area (Å²) in [7, 11) is 0. The first kappa shape index (κ1) is 18.4. The van der Waals surface area contributed by atoms with Crippen molar-refractivity contribution in [3.05, 3.63) is 76.4 Å². The summed E-state index contributed by atoms with van der Waals surface area (Å²) in [5.41, 5.74) is 2.86. The fourth-order valence-electron chi connectivity index (χ4n) is 2.13. The third-order valence-corrected chi connectivity index (χ3v) is 4.11. The summed E-state index contributed by atoms with van der Waals surface area (Å²) < 4.78 is 0. The van der Waals surface area contributed by atoms with Crippen molar-refractivity contribution in [3.8, 4) is 0 Å². The van der Waals surface area contributed by atoms with Crippen molar-refractivity contribution in [3.63, 3.8) is 0 Å². The molecule has 1 heterocycles. The highest BCUT2D eigenvalue weighted by Gasteiger charge is 2.01. The van der Waals surface area contributed by atoms with Crippen LogP contribution in [0.1, 0.15) is 5.56 Å². The molecule has 0 fully saturated rings. The molecule has 2 aromatic carbocycles. The Labute approximate surface area is 166 Å². The number of nitrogens with one attached hydrogen (secondary N) is 3. The molecule has 0 spiro atoms. The molecule has 0 aliphatic rings. The standard InChI is InChI=1S/C18H15Cl2N5S/c19-13-3-1-12(2-4-13)11-21-18(26)23-15-7-5-14(6-8-15)22-17-10-9-16(20)24-25-17/h1-10H,11H2,(H,22,25)(H2,21,23,26). The normalized spacial score (nSPS) is 10.2. The maximum atomic E-state index is 5.88. The van der Waals surface area contributed by atoms with Gasteiger partial charge in [0.2, 0.25) is 0 Å². The topological polar surface area (TPSA) is 61.9 Å². The fourth-order valence-corrected chi connectivity index (χ4v) is 2.54. The molecule has 0 saturated heterocycles. The SMILES string of the molecule is S=C(NCc1ccc(Cl)cc1)Nc1ccc(Nc2ccc(Cl)nn2)cc1. The van der Waals surface area contributed by atoms with Crippen LogP contribution in [-0.4, -0.2) is 15.3 Å². The van der Waals surface area contributed by atoms with Gasteiger partial charge in [-0.15, -0.1) is 10.2 Å². The molecule has 5 nitrogen and oxygen atoms in total. The third kappa shape index (κ3) is 5.56. The van der Waals surface area contributed by atoms with E-state index >= 15 is 0 Å². The van der Waals surface area contributed by atoms with Crippen LogP contribution >= 0.6 is 35.4 Å². The van der Waals surface area contributed by atoms with E-state index in [4.69, 9.17) is 35.4 Å². The molecule has 132 valence electrons. The average Bonchev–Trinajstić information content (AvgIpc) is 2.65. The monoisotopic (exact) mass is 403 g/mol. The van der Waals surface area contributed by atoms with Gasteiger partial charge >= 0.3 is 0 Å². The number of nitrogens with zero attached hydrogens (tertiary/aromatic N) is 2. The highest BCUT2D eigenvalue weighted by molar-refractivity contribution is 7.80. The molecule has 3 N–H and O–H groups in total. The van der Waals surface area contributed by atoms with Gasteiger partial charge in [-0.2, -0.15) is 0 Å². The maximum Gasteiger partial charge on any atom is 0.171 e. The second kappa shape index (κ2) is 8.80. The summed E-state index contributed by atoms with van der Waals surface area (Å²) in [6, 6.07) is 18.7. The lowest BCUT2D eigenvalue weighted by atomic mass is 10.2. The van der Waals surface area contributed by atoms with E-state index in [-0.39, 0.29) is 0 Å². The van der Waals surface area contributed by atoms with Crippen molar-refractivity contribution >= 4 is 57.7 Å². The van der Waals surface area contributed by atoms with Gasteiger partial charge in [0, 0.05) is 22.9 Å². The number of aromatic nitrogens is 2. The number of hydrogen-bond donors (Lipinski definition) is 3. The summed E-state index contributed by atoms with van der Waals surface area (Å²) in [6.45, 7) is 0.623. The first-order valence-electron chi connectivity index (χ1n) is 7.74. The Kier molecular flexibility index (Phi) is 6.22. The van der Waals surface area contributed by atoms with Crippen LogP contribution in [0.25, 0.3) is 0 Å². The molecule has 26 heavy (non-hydrogen) atoms. The zero-order chi connectivity index (χ0) is 18.4. The van der Waals surface area contributed by atoms with E-state index in [0.717, 1.165) is 16.9 Å². The molecule has 0 amide bonds. The Hall–Kier alpha value is -2.41. The molecule has 3 rings (SSSR count). The quantitative estimate of drug-likeness (QED) is 0.520. The van der Waals surface area contributed by atoms with Gasteiger partial charge in [-0.05, 0) is 66.3 Å². The number of anilines is 3. The van der Waals surface area contributed by atoms with Gasteiger partial charge in [0.25, 0.3) is 0 Å². The largest absolute Gasteiger partial charge is 0.358 e. The lowest BCUT2D eigenvalue weighted by molar-refractivity contribution is 0.926. The summed E-state index contributed by atoms with van der Waals surface area (Å²) in [6.07, 6.45) is 0. The van der Waals surface area contributed by atoms with E-state index < -0.39 is 0 Å². The second-order valence-corrected chi connectivity index (χ2v) is 6.61. The maximum absolute atomic E-state index is 5.88. The van der Waals surface area contributed by atoms with Gasteiger partial charge in [-0.3, -0.25) is 0 Å². The van der Waals surface area contributed by atoms with Crippen LogP contribution in [0.15, 0.2) is 60.7 Å². The number of hydrogen-bond acceptors (Lipinski definition) is 4. The zero-order valence-electron chi connectivity index (χ0n) is 13.5. The minimum absolute atomic E-state index is 0.356. The molecule has 0 bridgehead atoms. The van der Waals surface area contributed by atoms with Crippen molar-refractivity contribution in [2.75, 3.05) is 10.6 Å². The Morgan fingerprint density at radius 1 is 0.846 bits per heavy atom. The molecule has 3 aromatic rings. The summed E-state index contributed by atoms with van der Waals surface area (Å²) in [5.74, 6) is 0.621. The van der Waals surface area contributed by atoms with Gasteiger partial charge in [0.15, 0.2) is 16.1 Å². The van der Waals surface area contributed by atoms with Gasteiger partial charge in [-0.1, -0.05) is 35.3 Å². The van der Waals surface area contributed by atoms with Crippen LogP contribution < -0.4 is 16.0 Å². The Morgan fingerprint density at radius 3 is 2.19 bits per heavy atom. The third-order valence-electron chi connectivity index (χ3n) is 3.41. The lowest BCUT2D eigenvalue weighted by Gasteiger charge is -2.11. The molecule has 0 aliphatic carbocycles. The molecule has 8 heteroatoms. The highest BCUT2D eigenvalue weighted by atomic mass is 35.5. The van der Waals surface area contributed by atoms with Crippen LogP contribution in [0, 0.1) is 0 Å². The van der Waals surface area contributed by atoms with E-state index in [1.807, 2.05) is 48.5 Å². The van der Waals surface area contributed by atoms with Crippen molar-refractivity contribution in [1.82, 2.24) is 15.5 Å². The van der Waals surface area contributed by atoms with Crippen LogP contribution in [0.2, 0.25) is 10.2 Å². The summed E-state index contributed by atoms with van der Waals surface area (Å²) in [5, 5.41) is 18.8. The smallest absolute Gasteiger partial charge is 0.171 e. The Bertz CT molecular complexity index is 868. The highest BCUT2D eigenvalue weighted by Crippen LogP contribution is 2.18. The van der Waals surface area contributed by atoms with E-state index in [1.54, 1.807) is 12.1 Å². The average molecular weight is 404 g/mol. The number of benzene rings is 2. The Balaban J connectivity index is 1.50. The lowest BCUT2D eigenvalue weighted by Crippen LogP contribution is -2.27. The van der Waals surface area contributed by atoms with E-state index in [0.29, 0.717) is 27.7 Å². The number of halogens is 2. The molecule has 1 aromatic heterocycles. The Morgan fingerprint density at radius 2 is 1.54 bits per heavy atom. The predicted molar refractivity (Wildman–Crippen MR) is 111 cm³/mol. The molecule has 0 unspecified atom stereocenters. The predicted octanol–water partition coefficient (Wildman–Crippen LogP) is 5.01. The van der Waals surface area contributed by atoms with Crippen LogP contribution in [-0.2, 0) is 6.54 Å². The van der Waals surface area contributed by atoms with Crippen LogP contribution in [0.5, 0.6) is 0 Å². The first-order valence-corrected chi connectivity index (χ1v) is 8.90. The summed E-state index contributed by atoms with van der Waals surface area (Å²) in [4.78, 5) is 0.